The molecule has 1 amide bonds. The average Bonchev–Trinajstić information content (AvgIpc) is 3.22. The van der Waals surface area contributed by atoms with E-state index in [4.69, 9.17) is 4.52 Å². The van der Waals surface area contributed by atoms with Gasteiger partial charge >= 0.3 is 0 Å². The SMILES string of the molecule is CN(C)c1nccc(CNC(=O)c2cc(C3CC3)on2)n1. The lowest BCUT2D eigenvalue weighted by Crippen LogP contribution is -2.24. The van der Waals surface area contributed by atoms with Crippen molar-refractivity contribution >= 4 is 11.9 Å². The van der Waals surface area contributed by atoms with Gasteiger partial charge in [0.15, 0.2) is 5.69 Å². The van der Waals surface area contributed by atoms with Crippen LogP contribution in [0.5, 0.6) is 0 Å². The molecule has 2 aromatic rings. The Hall–Kier alpha value is -2.44. The second kappa shape index (κ2) is 5.51. The molecule has 1 N–H and O–H groups in total. The summed E-state index contributed by atoms with van der Waals surface area (Å²) < 4.78 is 5.17. The molecule has 0 aromatic carbocycles. The molecule has 1 fully saturated rings. The number of hydrogen-bond donors (Lipinski definition) is 1. The van der Waals surface area contributed by atoms with Gasteiger partial charge in [0.1, 0.15) is 5.76 Å². The van der Waals surface area contributed by atoms with Crippen LogP contribution in [-0.4, -0.2) is 35.1 Å². The molecule has 110 valence electrons. The van der Waals surface area contributed by atoms with Crippen LogP contribution < -0.4 is 10.2 Å². The molecule has 1 saturated carbocycles. The third kappa shape index (κ3) is 3.18. The molecule has 1 aliphatic rings. The molecule has 7 heteroatoms. The van der Waals surface area contributed by atoms with E-state index in [1.54, 1.807) is 18.3 Å². The molecule has 21 heavy (non-hydrogen) atoms. The Kier molecular flexibility index (Phi) is 3.55. The second-order valence-electron chi connectivity index (χ2n) is 5.31. The summed E-state index contributed by atoms with van der Waals surface area (Å²) in [5.74, 6) is 1.61. The maximum absolute atomic E-state index is 12.0. The molecule has 0 unspecified atom stereocenters. The van der Waals surface area contributed by atoms with E-state index in [0.717, 1.165) is 24.3 Å². The number of nitrogens with zero attached hydrogens (tertiary/aromatic N) is 4. The van der Waals surface area contributed by atoms with Crippen LogP contribution >= 0.6 is 0 Å². The summed E-state index contributed by atoms with van der Waals surface area (Å²) in [7, 11) is 3.74. The Morgan fingerprint density at radius 1 is 1.48 bits per heavy atom. The maximum Gasteiger partial charge on any atom is 0.273 e. The number of nitrogens with one attached hydrogen (secondary N) is 1. The first-order chi connectivity index (χ1) is 10.1. The summed E-state index contributed by atoms with van der Waals surface area (Å²) in [6, 6.07) is 3.49. The van der Waals surface area contributed by atoms with Crippen molar-refractivity contribution < 1.29 is 9.32 Å². The van der Waals surface area contributed by atoms with Crippen molar-refractivity contribution in [3.63, 3.8) is 0 Å². The van der Waals surface area contributed by atoms with Gasteiger partial charge in [0.25, 0.3) is 5.91 Å². The van der Waals surface area contributed by atoms with Crippen LogP contribution in [0, 0.1) is 0 Å². The van der Waals surface area contributed by atoms with E-state index in [1.165, 1.54) is 0 Å². The van der Waals surface area contributed by atoms with Crippen LogP contribution in [0.1, 0.15) is 40.7 Å². The fraction of sp³-hybridized carbons (Fsp3) is 0.429. The molecule has 0 aliphatic heterocycles. The third-order valence-corrected chi connectivity index (χ3v) is 3.27. The number of anilines is 1. The van der Waals surface area contributed by atoms with Crippen molar-refractivity contribution in [3.05, 3.63) is 35.5 Å². The minimum absolute atomic E-state index is 0.254. The molecular weight excluding hydrogens is 270 g/mol. The highest BCUT2D eigenvalue weighted by atomic mass is 16.5. The van der Waals surface area contributed by atoms with E-state index in [9.17, 15) is 4.79 Å². The van der Waals surface area contributed by atoms with Crippen LogP contribution in [0.2, 0.25) is 0 Å². The van der Waals surface area contributed by atoms with Crippen LogP contribution in [0.15, 0.2) is 22.9 Å². The predicted octanol–water partition coefficient (Wildman–Crippen LogP) is 1.34. The Bertz CT molecular complexity index is 648. The number of rotatable bonds is 5. The molecule has 3 rings (SSSR count). The standard InChI is InChI=1S/C14H17N5O2/c1-19(2)14-15-6-5-10(17-14)8-16-13(20)11-7-12(21-18-11)9-3-4-9/h5-7,9H,3-4,8H2,1-2H3,(H,16,20). The van der Waals surface area contributed by atoms with E-state index in [1.807, 2.05) is 19.0 Å². The zero-order valence-electron chi connectivity index (χ0n) is 12.0. The van der Waals surface area contributed by atoms with Gasteiger partial charge in [0.2, 0.25) is 5.95 Å². The first kappa shape index (κ1) is 13.5. The molecule has 0 spiro atoms. The average molecular weight is 287 g/mol. The number of aromatic nitrogens is 3. The van der Waals surface area contributed by atoms with Gasteiger partial charge in [-0.15, -0.1) is 0 Å². The van der Waals surface area contributed by atoms with Gasteiger partial charge in [-0.2, -0.15) is 0 Å². The monoisotopic (exact) mass is 287 g/mol. The topological polar surface area (TPSA) is 84.2 Å². The highest BCUT2D eigenvalue weighted by molar-refractivity contribution is 5.92. The van der Waals surface area contributed by atoms with Crippen molar-refractivity contribution in [2.24, 2.45) is 0 Å². The molecule has 2 heterocycles. The van der Waals surface area contributed by atoms with Gasteiger partial charge in [-0.25, -0.2) is 9.97 Å². The highest BCUT2D eigenvalue weighted by Gasteiger charge is 2.28. The molecule has 7 nitrogen and oxygen atoms in total. The summed E-state index contributed by atoms with van der Waals surface area (Å²) in [5.41, 5.74) is 1.06. The van der Waals surface area contributed by atoms with Gasteiger partial charge in [0.05, 0.1) is 12.2 Å². The zero-order chi connectivity index (χ0) is 14.8. The number of carbonyl (C=O) groups excluding carboxylic acids is 1. The van der Waals surface area contributed by atoms with Crippen molar-refractivity contribution in [2.75, 3.05) is 19.0 Å². The van der Waals surface area contributed by atoms with E-state index < -0.39 is 0 Å². The normalized spacial score (nSPS) is 14.0. The fourth-order valence-electron chi connectivity index (χ4n) is 1.92. The summed E-state index contributed by atoms with van der Waals surface area (Å²) in [5, 5.41) is 6.59. The molecule has 0 atom stereocenters. The van der Waals surface area contributed by atoms with E-state index in [2.05, 4.69) is 20.4 Å². The lowest BCUT2D eigenvalue weighted by atomic mass is 10.3. The summed E-state index contributed by atoms with van der Waals surface area (Å²) >= 11 is 0. The molecule has 1 aliphatic carbocycles. The van der Waals surface area contributed by atoms with Crippen LogP contribution in [0.3, 0.4) is 0 Å². The lowest BCUT2D eigenvalue weighted by Gasteiger charge is -2.10. The Labute approximate surface area is 122 Å². The smallest absolute Gasteiger partial charge is 0.273 e. The first-order valence-electron chi connectivity index (χ1n) is 6.87. The number of hydrogen-bond acceptors (Lipinski definition) is 6. The highest BCUT2D eigenvalue weighted by Crippen LogP contribution is 2.40. The molecular formula is C14H17N5O2. The molecule has 0 bridgehead atoms. The van der Waals surface area contributed by atoms with Crippen molar-refractivity contribution in [2.45, 2.75) is 25.3 Å². The fourth-order valence-corrected chi connectivity index (χ4v) is 1.92. The van der Waals surface area contributed by atoms with Crippen LogP contribution in [0.25, 0.3) is 0 Å². The first-order valence-corrected chi connectivity index (χ1v) is 6.87. The summed E-state index contributed by atoms with van der Waals surface area (Å²) in [6.07, 6.45) is 3.90. The Morgan fingerprint density at radius 2 is 2.29 bits per heavy atom. The second-order valence-corrected chi connectivity index (χ2v) is 5.31. The van der Waals surface area contributed by atoms with Crippen LogP contribution in [0.4, 0.5) is 5.95 Å². The molecule has 2 aromatic heterocycles. The van der Waals surface area contributed by atoms with E-state index in [-0.39, 0.29) is 5.91 Å². The van der Waals surface area contributed by atoms with Crippen molar-refractivity contribution in [1.29, 1.82) is 0 Å². The Balaban J connectivity index is 1.60. The Morgan fingerprint density at radius 3 is 3.00 bits per heavy atom. The molecule has 0 saturated heterocycles. The van der Waals surface area contributed by atoms with Gasteiger partial charge < -0.3 is 14.7 Å². The summed E-state index contributed by atoms with van der Waals surface area (Å²) in [6.45, 7) is 0.327. The summed E-state index contributed by atoms with van der Waals surface area (Å²) in [4.78, 5) is 22.3. The zero-order valence-corrected chi connectivity index (χ0v) is 12.0. The van der Waals surface area contributed by atoms with E-state index >= 15 is 0 Å². The minimum Gasteiger partial charge on any atom is -0.360 e. The van der Waals surface area contributed by atoms with Crippen molar-refractivity contribution in [3.8, 4) is 0 Å². The largest absolute Gasteiger partial charge is 0.360 e. The van der Waals surface area contributed by atoms with Gasteiger partial charge in [-0.3, -0.25) is 4.79 Å². The van der Waals surface area contributed by atoms with Gasteiger partial charge in [0, 0.05) is 32.3 Å². The number of carbonyl (C=O) groups is 1. The number of amides is 1. The van der Waals surface area contributed by atoms with Gasteiger partial charge in [-0.1, -0.05) is 5.16 Å². The maximum atomic E-state index is 12.0. The quantitative estimate of drug-likeness (QED) is 0.893. The van der Waals surface area contributed by atoms with Gasteiger partial charge in [-0.05, 0) is 18.9 Å². The van der Waals surface area contributed by atoms with Crippen molar-refractivity contribution in [1.82, 2.24) is 20.4 Å². The lowest BCUT2D eigenvalue weighted by molar-refractivity contribution is 0.0941. The predicted molar refractivity (Wildman–Crippen MR) is 76.0 cm³/mol. The molecule has 0 radical (unpaired) electrons. The van der Waals surface area contributed by atoms with Crippen LogP contribution in [-0.2, 0) is 6.54 Å². The van der Waals surface area contributed by atoms with E-state index in [0.29, 0.717) is 24.1 Å². The minimum atomic E-state index is -0.254. The third-order valence-electron chi connectivity index (χ3n) is 3.27.